The standard InChI is InChI=1S/C23H23N5O4/c1-13-7-9-17(10-8-13)28-22(31)20-19(26-23(28)32)18(12-27(20)3)21(30)25-16-6-4-5-15(11-16)24-14(2)29/h4-12,19-20H,1-3H3,(H,24,29)(H,25,30)(H,26,32). The monoisotopic (exact) mass is 433 g/mol. The molecule has 2 unspecified atom stereocenters. The molecule has 0 aliphatic carbocycles. The molecule has 2 aliphatic heterocycles. The minimum absolute atomic E-state index is 0.224. The summed E-state index contributed by atoms with van der Waals surface area (Å²) in [6, 6.07) is 11.7. The maximum absolute atomic E-state index is 13.2. The molecule has 9 heteroatoms. The fourth-order valence-electron chi connectivity index (χ4n) is 3.91. The lowest BCUT2D eigenvalue weighted by Crippen LogP contribution is -2.65. The fraction of sp³-hybridized carbons (Fsp3) is 0.217. The summed E-state index contributed by atoms with van der Waals surface area (Å²) in [6.07, 6.45) is 1.57. The van der Waals surface area contributed by atoms with Crippen LogP contribution in [0.4, 0.5) is 21.9 Å². The van der Waals surface area contributed by atoms with Gasteiger partial charge in [0, 0.05) is 31.5 Å². The van der Waals surface area contributed by atoms with Gasteiger partial charge in [-0.15, -0.1) is 0 Å². The van der Waals surface area contributed by atoms with E-state index in [9.17, 15) is 19.2 Å². The van der Waals surface area contributed by atoms with Crippen LogP contribution in [0.1, 0.15) is 12.5 Å². The topological polar surface area (TPSA) is 111 Å². The van der Waals surface area contributed by atoms with Crippen molar-refractivity contribution in [2.24, 2.45) is 0 Å². The Morgan fingerprint density at radius 1 is 1.00 bits per heavy atom. The lowest BCUT2D eigenvalue weighted by Gasteiger charge is -2.37. The van der Waals surface area contributed by atoms with Gasteiger partial charge in [0.25, 0.3) is 11.8 Å². The van der Waals surface area contributed by atoms with Crippen LogP contribution in [0.2, 0.25) is 0 Å². The third kappa shape index (κ3) is 3.92. The summed E-state index contributed by atoms with van der Waals surface area (Å²) < 4.78 is 0. The molecule has 2 aliphatic rings. The van der Waals surface area contributed by atoms with Gasteiger partial charge in [-0.25, -0.2) is 9.69 Å². The molecule has 2 heterocycles. The molecule has 1 fully saturated rings. The number of carbonyl (C=O) groups is 4. The summed E-state index contributed by atoms with van der Waals surface area (Å²) in [7, 11) is 1.69. The molecule has 2 aromatic rings. The summed E-state index contributed by atoms with van der Waals surface area (Å²) in [5, 5.41) is 8.22. The smallest absolute Gasteiger partial charge is 0.329 e. The number of anilines is 3. The van der Waals surface area contributed by atoms with Crippen LogP contribution in [0.25, 0.3) is 0 Å². The Balaban J connectivity index is 1.53. The molecule has 1 saturated heterocycles. The number of nitrogens with zero attached hydrogens (tertiary/aromatic N) is 2. The van der Waals surface area contributed by atoms with Crippen LogP contribution < -0.4 is 20.9 Å². The summed E-state index contributed by atoms with van der Waals surface area (Å²) in [5.74, 6) is -1.07. The van der Waals surface area contributed by atoms with Gasteiger partial charge >= 0.3 is 6.03 Å². The molecular weight excluding hydrogens is 410 g/mol. The minimum Gasteiger partial charge on any atom is -0.366 e. The molecular formula is C23H23N5O4. The van der Waals surface area contributed by atoms with Crippen molar-refractivity contribution in [2.45, 2.75) is 25.9 Å². The van der Waals surface area contributed by atoms with Crippen LogP contribution in [0.5, 0.6) is 0 Å². The van der Waals surface area contributed by atoms with Gasteiger partial charge in [0.05, 0.1) is 17.3 Å². The first kappa shape index (κ1) is 21.1. The van der Waals surface area contributed by atoms with Crippen LogP contribution in [0.3, 0.4) is 0 Å². The predicted octanol–water partition coefficient (Wildman–Crippen LogP) is 2.21. The largest absolute Gasteiger partial charge is 0.366 e. The van der Waals surface area contributed by atoms with Crippen molar-refractivity contribution in [1.29, 1.82) is 0 Å². The summed E-state index contributed by atoms with van der Waals surface area (Å²) >= 11 is 0. The van der Waals surface area contributed by atoms with Gasteiger partial charge in [-0.3, -0.25) is 14.4 Å². The Bertz CT molecular complexity index is 1140. The van der Waals surface area contributed by atoms with E-state index in [0.29, 0.717) is 17.1 Å². The predicted molar refractivity (Wildman–Crippen MR) is 120 cm³/mol. The van der Waals surface area contributed by atoms with E-state index in [4.69, 9.17) is 0 Å². The van der Waals surface area contributed by atoms with Gasteiger partial charge < -0.3 is 20.9 Å². The Morgan fingerprint density at radius 2 is 1.66 bits per heavy atom. The number of benzene rings is 2. The Kier molecular flexibility index (Phi) is 5.40. The van der Waals surface area contributed by atoms with E-state index in [1.165, 1.54) is 6.92 Å². The summed E-state index contributed by atoms with van der Waals surface area (Å²) in [6.45, 7) is 3.32. The van der Waals surface area contributed by atoms with Gasteiger partial charge in [0.2, 0.25) is 5.91 Å². The number of nitrogens with one attached hydrogen (secondary N) is 3. The number of carbonyl (C=O) groups excluding carboxylic acids is 4. The second-order valence-electron chi connectivity index (χ2n) is 7.85. The van der Waals surface area contributed by atoms with E-state index in [0.717, 1.165) is 10.5 Å². The highest BCUT2D eigenvalue weighted by Gasteiger charge is 2.49. The quantitative estimate of drug-likeness (QED) is 0.685. The van der Waals surface area contributed by atoms with Crippen molar-refractivity contribution < 1.29 is 19.2 Å². The summed E-state index contributed by atoms with van der Waals surface area (Å²) in [5.41, 5.74) is 2.77. The third-order valence-corrected chi connectivity index (χ3v) is 5.38. The zero-order valence-corrected chi connectivity index (χ0v) is 17.9. The van der Waals surface area contributed by atoms with Crippen LogP contribution >= 0.6 is 0 Å². The molecule has 32 heavy (non-hydrogen) atoms. The SMILES string of the molecule is CC(=O)Nc1cccc(NC(=O)C2=CN(C)C3C(=O)N(c4ccc(C)cc4)C(=O)NC23)c1. The first-order chi connectivity index (χ1) is 15.2. The number of amides is 5. The average Bonchev–Trinajstić information content (AvgIpc) is 3.05. The summed E-state index contributed by atoms with van der Waals surface area (Å²) in [4.78, 5) is 53.0. The van der Waals surface area contributed by atoms with Crippen molar-refractivity contribution in [3.8, 4) is 0 Å². The highest BCUT2D eigenvalue weighted by atomic mass is 16.2. The third-order valence-electron chi connectivity index (χ3n) is 5.38. The normalized spacial score (nSPS) is 19.8. The van der Waals surface area contributed by atoms with E-state index in [2.05, 4.69) is 16.0 Å². The molecule has 0 saturated carbocycles. The molecule has 4 rings (SSSR count). The number of hydrogen-bond acceptors (Lipinski definition) is 5. The lowest BCUT2D eigenvalue weighted by molar-refractivity contribution is -0.122. The van der Waals surface area contributed by atoms with Crippen LogP contribution in [0, 0.1) is 6.92 Å². The van der Waals surface area contributed by atoms with E-state index in [1.807, 2.05) is 19.1 Å². The first-order valence-electron chi connectivity index (χ1n) is 10.1. The number of likely N-dealkylation sites (N-methyl/N-ethyl adjacent to an activating group) is 1. The van der Waals surface area contributed by atoms with Crippen LogP contribution in [-0.4, -0.2) is 47.8 Å². The van der Waals surface area contributed by atoms with Gasteiger partial charge in [-0.2, -0.15) is 0 Å². The molecule has 3 N–H and O–H groups in total. The highest BCUT2D eigenvalue weighted by Crippen LogP contribution is 2.30. The van der Waals surface area contributed by atoms with E-state index in [-0.39, 0.29) is 11.5 Å². The Labute approximate surface area is 185 Å². The van der Waals surface area contributed by atoms with E-state index >= 15 is 0 Å². The zero-order chi connectivity index (χ0) is 23.0. The Hall–Kier alpha value is -4.14. The van der Waals surface area contributed by atoms with Gasteiger partial charge in [-0.05, 0) is 37.3 Å². The molecule has 0 spiro atoms. The lowest BCUT2D eigenvalue weighted by atomic mass is 9.99. The fourth-order valence-corrected chi connectivity index (χ4v) is 3.91. The van der Waals surface area contributed by atoms with Crippen molar-refractivity contribution in [2.75, 3.05) is 22.6 Å². The second-order valence-corrected chi connectivity index (χ2v) is 7.85. The van der Waals surface area contributed by atoms with Crippen molar-refractivity contribution >= 4 is 40.8 Å². The molecule has 9 nitrogen and oxygen atoms in total. The maximum atomic E-state index is 13.2. The Morgan fingerprint density at radius 3 is 2.31 bits per heavy atom. The molecule has 164 valence electrons. The number of urea groups is 1. The molecule has 2 aromatic carbocycles. The van der Waals surface area contributed by atoms with Crippen LogP contribution in [-0.2, 0) is 14.4 Å². The van der Waals surface area contributed by atoms with E-state index in [1.54, 1.807) is 54.5 Å². The molecule has 5 amide bonds. The first-order valence-corrected chi connectivity index (χ1v) is 10.1. The second kappa shape index (κ2) is 8.18. The average molecular weight is 433 g/mol. The zero-order valence-electron chi connectivity index (χ0n) is 17.9. The number of rotatable bonds is 4. The molecule has 0 bridgehead atoms. The minimum atomic E-state index is -0.778. The molecule has 2 atom stereocenters. The maximum Gasteiger partial charge on any atom is 0.329 e. The number of aryl methyl sites for hydroxylation is 1. The van der Waals surface area contributed by atoms with Gasteiger partial charge in [0.1, 0.15) is 6.04 Å². The van der Waals surface area contributed by atoms with Crippen LogP contribution in [0.15, 0.2) is 60.3 Å². The number of hydrogen-bond donors (Lipinski definition) is 3. The number of fused-ring (bicyclic) bond motifs is 1. The van der Waals surface area contributed by atoms with Crippen molar-refractivity contribution in [3.05, 3.63) is 65.9 Å². The molecule has 0 aromatic heterocycles. The van der Waals surface area contributed by atoms with Crippen molar-refractivity contribution in [3.63, 3.8) is 0 Å². The molecule has 0 radical (unpaired) electrons. The van der Waals surface area contributed by atoms with Gasteiger partial charge in [0.15, 0.2) is 0 Å². The van der Waals surface area contributed by atoms with Gasteiger partial charge in [-0.1, -0.05) is 23.8 Å². The van der Waals surface area contributed by atoms with Crippen molar-refractivity contribution in [1.82, 2.24) is 10.2 Å². The number of imide groups is 1. The van der Waals surface area contributed by atoms with E-state index < -0.39 is 29.9 Å². The highest BCUT2D eigenvalue weighted by molar-refractivity contribution is 6.20.